The lowest BCUT2D eigenvalue weighted by Gasteiger charge is -2.42. The number of alkyl carbamates (subject to hydrolysis) is 1. The van der Waals surface area contributed by atoms with Crippen molar-refractivity contribution in [1.29, 1.82) is 0 Å². The second-order valence-electron chi connectivity index (χ2n) is 14.3. The molecule has 4 N–H and O–H groups in total. The Kier molecular flexibility index (Phi) is 11.4. The first-order valence-corrected chi connectivity index (χ1v) is 17.5. The minimum Gasteiger partial charge on any atom is -0.495 e. The van der Waals surface area contributed by atoms with E-state index in [4.69, 9.17) is 40.0 Å². The molecular formula is C36H48ClN3O12. The van der Waals surface area contributed by atoms with E-state index in [1.807, 2.05) is 6.92 Å². The number of carbonyl (C=O) groups excluding carboxylic acids is 4. The number of nitrogens with one attached hydrogen (secondary N) is 2. The molecular weight excluding hydrogens is 702 g/mol. The van der Waals surface area contributed by atoms with Crippen LogP contribution in [0.3, 0.4) is 0 Å². The van der Waals surface area contributed by atoms with Gasteiger partial charge in [0.2, 0.25) is 5.91 Å². The summed E-state index contributed by atoms with van der Waals surface area (Å²) in [6, 6.07) is 2.15. The van der Waals surface area contributed by atoms with Crippen LogP contribution in [0.4, 0.5) is 10.5 Å². The fourth-order valence-electron chi connectivity index (χ4n) is 7.17. The molecule has 0 aliphatic carbocycles. The highest BCUT2D eigenvalue weighted by molar-refractivity contribution is 6.35. The largest absolute Gasteiger partial charge is 0.495 e. The number of methoxy groups -OCH3 is 3. The third kappa shape index (κ3) is 7.66. The van der Waals surface area contributed by atoms with Crippen molar-refractivity contribution in [1.82, 2.24) is 10.6 Å². The van der Waals surface area contributed by atoms with E-state index in [2.05, 4.69) is 10.6 Å². The quantitative estimate of drug-likeness (QED) is 0.261. The van der Waals surface area contributed by atoms with E-state index in [9.17, 15) is 29.4 Å². The number of anilines is 1. The Morgan fingerprint density at radius 2 is 1.75 bits per heavy atom. The van der Waals surface area contributed by atoms with E-state index in [1.54, 1.807) is 44.2 Å². The third-order valence-electron chi connectivity index (χ3n) is 10.5. The number of amides is 3. The summed E-state index contributed by atoms with van der Waals surface area (Å²) in [5.41, 5.74) is -3.68. The third-order valence-corrected chi connectivity index (χ3v) is 10.9. The number of hydrogen-bond acceptors (Lipinski definition) is 12. The normalized spacial score (nSPS) is 38.9. The van der Waals surface area contributed by atoms with Crippen LogP contribution >= 0.6 is 11.6 Å². The summed E-state index contributed by atoms with van der Waals surface area (Å²) in [6.07, 6.45) is -1.04. The Morgan fingerprint density at radius 1 is 1.04 bits per heavy atom. The average molecular weight is 750 g/mol. The van der Waals surface area contributed by atoms with Gasteiger partial charge in [0.25, 0.3) is 5.91 Å². The van der Waals surface area contributed by atoms with E-state index in [0.717, 1.165) is 0 Å². The number of benzene rings is 1. The molecule has 5 rings (SSSR count). The molecule has 4 heterocycles. The Balaban J connectivity index is 1.70. The fourth-order valence-corrected chi connectivity index (χ4v) is 7.45. The van der Waals surface area contributed by atoms with Crippen LogP contribution in [0.25, 0.3) is 0 Å². The SMILES string of the molecule is COc1cc2cc(c1Cl)N1CCC(C)(O)C(=O)N[C@@H](C)C(=O)O[C@@H](CC1=O)[C@]1(C)OC1[C@H](C)[C@@H]1C[C@@](O)(NC(=O)O1)[C@H](OC)/C=C/C=C(\C)C2OC. The molecule has 3 saturated heterocycles. The van der Waals surface area contributed by atoms with Crippen LogP contribution in [-0.2, 0) is 38.1 Å². The summed E-state index contributed by atoms with van der Waals surface area (Å²) in [7, 11) is 4.33. The van der Waals surface area contributed by atoms with Gasteiger partial charge in [-0.3, -0.25) is 14.9 Å². The summed E-state index contributed by atoms with van der Waals surface area (Å²) >= 11 is 6.89. The molecule has 286 valence electrons. The minimum atomic E-state index is -1.99. The number of hydrogen-bond donors (Lipinski definition) is 4. The van der Waals surface area contributed by atoms with Gasteiger partial charge in [-0.25, -0.2) is 9.59 Å². The molecule has 6 bridgehead atoms. The number of rotatable bonds is 3. The van der Waals surface area contributed by atoms with Crippen LogP contribution in [0.2, 0.25) is 5.02 Å². The zero-order chi connectivity index (χ0) is 38.3. The predicted molar refractivity (Wildman–Crippen MR) is 187 cm³/mol. The Labute approximate surface area is 307 Å². The summed E-state index contributed by atoms with van der Waals surface area (Å²) in [6.45, 7) is 7.79. The van der Waals surface area contributed by atoms with Gasteiger partial charge in [-0.2, -0.15) is 0 Å². The number of nitrogens with zero attached hydrogens (tertiary/aromatic N) is 1. The molecule has 15 nitrogen and oxygen atoms in total. The predicted octanol–water partition coefficient (Wildman–Crippen LogP) is 2.84. The van der Waals surface area contributed by atoms with Gasteiger partial charge in [0, 0.05) is 39.5 Å². The van der Waals surface area contributed by atoms with Crippen LogP contribution in [0.5, 0.6) is 5.75 Å². The van der Waals surface area contributed by atoms with Crippen molar-refractivity contribution in [2.45, 2.75) is 107 Å². The Bertz CT molecular complexity index is 1650. The maximum Gasteiger partial charge on any atom is 0.409 e. The van der Waals surface area contributed by atoms with Gasteiger partial charge in [0.1, 0.15) is 52.4 Å². The van der Waals surface area contributed by atoms with Crippen LogP contribution in [0.15, 0.2) is 35.9 Å². The smallest absolute Gasteiger partial charge is 0.409 e. The second-order valence-corrected chi connectivity index (χ2v) is 14.7. The molecule has 0 spiro atoms. The molecule has 52 heavy (non-hydrogen) atoms. The molecule has 1 aromatic carbocycles. The van der Waals surface area contributed by atoms with Crippen molar-refractivity contribution in [3.8, 4) is 5.75 Å². The zero-order valence-electron chi connectivity index (χ0n) is 30.6. The molecule has 0 radical (unpaired) electrons. The van der Waals surface area contributed by atoms with Crippen LogP contribution < -0.4 is 20.3 Å². The number of fused-ring (bicyclic) bond motifs is 10. The first-order chi connectivity index (χ1) is 24.4. The van der Waals surface area contributed by atoms with Gasteiger partial charge in [0.15, 0.2) is 5.72 Å². The van der Waals surface area contributed by atoms with E-state index >= 15 is 0 Å². The minimum absolute atomic E-state index is 0.0818. The van der Waals surface area contributed by atoms with Crippen LogP contribution in [0.1, 0.15) is 65.5 Å². The summed E-state index contributed by atoms with van der Waals surface area (Å²) in [5, 5.41) is 28.0. The fraction of sp³-hybridized carbons (Fsp3) is 0.611. The monoisotopic (exact) mass is 749 g/mol. The summed E-state index contributed by atoms with van der Waals surface area (Å²) < 4.78 is 34.9. The number of esters is 1. The van der Waals surface area contributed by atoms with Crippen LogP contribution in [-0.4, -0.2) is 109 Å². The number of ether oxygens (including phenoxy) is 6. The van der Waals surface area contributed by atoms with Gasteiger partial charge in [-0.15, -0.1) is 0 Å². The first kappa shape index (κ1) is 39.5. The van der Waals surface area contributed by atoms with Gasteiger partial charge >= 0.3 is 12.1 Å². The van der Waals surface area contributed by atoms with Gasteiger partial charge in [-0.1, -0.05) is 36.8 Å². The molecule has 16 heteroatoms. The lowest BCUT2D eigenvalue weighted by Crippen LogP contribution is -2.63. The zero-order valence-corrected chi connectivity index (χ0v) is 31.3. The van der Waals surface area contributed by atoms with Gasteiger partial charge in [0.05, 0.1) is 25.3 Å². The van der Waals surface area contributed by atoms with Gasteiger partial charge < -0.3 is 48.9 Å². The number of epoxide rings is 1. The van der Waals surface area contributed by atoms with Crippen molar-refractivity contribution in [3.05, 3.63) is 46.5 Å². The van der Waals surface area contributed by atoms with Crippen LogP contribution in [0, 0.1) is 5.92 Å². The van der Waals surface area contributed by atoms with E-state index in [1.165, 1.54) is 40.1 Å². The molecule has 4 aliphatic heterocycles. The maximum absolute atomic E-state index is 14.5. The molecule has 1 aromatic rings. The topological polar surface area (TPSA) is 195 Å². The van der Waals surface area contributed by atoms with Crippen molar-refractivity contribution in [2.24, 2.45) is 5.92 Å². The summed E-state index contributed by atoms with van der Waals surface area (Å²) in [5.74, 6) is -2.60. The highest BCUT2D eigenvalue weighted by Crippen LogP contribution is 2.49. The van der Waals surface area contributed by atoms with Crippen molar-refractivity contribution in [2.75, 3.05) is 32.8 Å². The second kappa shape index (κ2) is 15.0. The lowest BCUT2D eigenvalue weighted by atomic mass is 9.83. The van der Waals surface area contributed by atoms with Crippen molar-refractivity contribution >= 4 is 41.2 Å². The molecule has 3 fully saturated rings. The highest BCUT2D eigenvalue weighted by atomic mass is 35.5. The molecule has 4 aliphatic rings. The lowest BCUT2D eigenvalue weighted by molar-refractivity contribution is -0.159. The number of aliphatic hydroxyl groups is 2. The number of halogens is 1. The van der Waals surface area contributed by atoms with Crippen molar-refractivity contribution in [3.63, 3.8) is 0 Å². The molecule has 10 atom stereocenters. The van der Waals surface area contributed by atoms with Gasteiger partial charge in [-0.05, 0) is 51.0 Å². The highest BCUT2D eigenvalue weighted by Gasteiger charge is 2.64. The van der Waals surface area contributed by atoms with E-state index < -0.39 is 89.7 Å². The van der Waals surface area contributed by atoms with E-state index in [-0.39, 0.29) is 35.8 Å². The number of allylic oxidation sites excluding steroid dienone is 2. The Hall–Kier alpha value is -3.73. The molecule has 0 saturated carbocycles. The summed E-state index contributed by atoms with van der Waals surface area (Å²) in [4.78, 5) is 55.4. The van der Waals surface area contributed by atoms with Crippen molar-refractivity contribution < 1.29 is 57.8 Å². The maximum atomic E-state index is 14.5. The first-order valence-electron chi connectivity index (χ1n) is 17.1. The standard InChI is InChI=1S/C36H48ClN3O12/c1-18-10-9-11-25(48-7)36(46)17-24(50-33(44)39-36)19(2)30-35(5,52-30)26-16-27(41)40(13-12-34(4,45)32(43)38-20(3)31(42)51-26)22-14-21(29(18)49-8)15-23(47-6)28(22)37/h9-11,14-15,19-20,24-26,29-30,45-46H,12-13,16-17H2,1-8H3,(H,38,43)(H,39,44)/b11-9+,18-10+/t19-,20+,24+,25-,26+,29?,30?,34?,35+,36+/m1/s1. The average Bonchev–Trinajstić information content (AvgIpc) is 3.78. The molecule has 3 unspecified atom stereocenters. The number of carbonyl (C=O) groups is 4. The molecule has 0 aromatic heterocycles. The Morgan fingerprint density at radius 3 is 2.40 bits per heavy atom. The molecule has 3 amide bonds. The van der Waals surface area contributed by atoms with E-state index in [0.29, 0.717) is 11.1 Å².